The van der Waals surface area contributed by atoms with Gasteiger partial charge in [-0.15, -0.1) is 0 Å². The molecule has 1 heterocycles. The van der Waals surface area contributed by atoms with Crippen LogP contribution in [-0.2, 0) is 4.79 Å². The molecule has 2 aromatic carbocycles. The van der Waals surface area contributed by atoms with Crippen LogP contribution >= 0.6 is 12.6 Å². The van der Waals surface area contributed by atoms with Crippen LogP contribution in [0.2, 0.25) is 0 Å². The van der Waals surface area contributed by atoms with Crippen LogP contribution < -0.4 is 0 Å². The van der Waals surface area contributed by atoms with Crippen LogP contribution in [0.3, 0.4) is 0 Å². The Morgan fingerprint density at radius 3 is 1.95 bits per heavy atom. The van der Waals surface area contributed by atoms with Crippen molar-refractivity contribution in [3.05, 3.63) is 48.5 Å². The molecule has 4 heteroatoms. The summed E-state index contributed by atoms with van der Waals surface area (Å²) >= 11 is 4.19. The number of rotatable bonds is 3. The molecule has 0 saturated carbocycles. The number of aromatic nitrogens is 1. The van der Waals surface area contributed by atoms with Crippen LogP contribution in [-0.4, -0.2) is 21.4 Å². The molecule has 0 aliphatic carbocycles. The molecule has 0 aliphatic heterocycles. The van der Waals surface area contributed by atoms with Gasteiger partial charge in [-0.3, -0.25) is 0 Å². The maximum atomic E-state index is 11.4. The summed E-state index contributed by atoms with van der Waals surface area (Å²) in [5, 5.41) is 11.5. The monoisotopic (exact) mass is 271 g/mol. The van der Waals surface area contributed by atoms with Gasteiger partial charge in [-0.25, -0.2) is 4.79 Å². The van der Waals surface area contributed by atoms with E-state index >= 15 is 0 Å². The topological polar surface area (TPSA) is 42.2 Å². The number of para-hydroxylation sites is 2. The van der Waals surface area contributed by atoms with Gasteiger partial charge in [0.05, 0.1) is 0 Å². The molecule has 0 saturated heterocycles. The molecule has 19 heavy (non-hydrogen) atoms. The number of carboxylic acids is 1. The van der Waals surface area contributed by atoms with Gasteiger partial charge < -0.3 is 9.67 Å². The van der Waals surface area contributed by atoms with Gasteiger partial charge in [-0.05, 0) is 12.1 Å². The summed E-state index contributed by atoms with van der Waals surface area (Å²) in [5.41, 5.74) is 1.87. The van der Waals surface area contributed by atoms with Crippen molar-refractivity contribution in [1.82, 2.24) is 4.57 Å². The smallest absolute Gasteiger partial charge is 0.327 e. The van der Waals surface area contributed by atoms with Gasteiger partial charge in [-0.2, -0.15) is 12.6 Å². The standard InChI is InChI=1S/C15H13NO2S/c17-15(18)14(9-19)16-12-7-3-1-5-10(12)11-6-2-4-8-13(11)16/h1-8,14,19H,9H2,(H,17,18). The Bertz CT molecular complexity index is 710. The molecule has 1 aromatic heterocycles. The SMILES string of the molecule is O=C(O)C(CS)n1c2ccccc2c2ccccc21. The molecule has 0 aliphatic rings. The molecule has 0 bridgehead atoms. The molecular weight excluding hydrogens is 258 g/mol. The summed E-state index contributed by atoms with van der Waals surface area (Å²) in [4.78, 5) is 11.4. The third-order valence-corrected chi connectivity index (χ3v) is 3.73. The number of hydrogen-bond acceptors (Lipinski definition) is 2. The van der Waals surface area contributed by atoms with Crippen molar-refractivity contribution >= 4 is 40.4 Å². The van der Waals surface area contributed by atoms with E-state index in [4.69, 9.17) is 0 Å². The Hall–Kier alpha value is -1.94. The highest BCUT2D eigenvalue weighted by atomic mass is 32.1. The molecule has 0 spiro atoms. The third-order valence-electron chi connectivity index (χ3n) is 3.39. The van der Waals surface area contributed by atoms with E-state index in [0.29, 0.717) is 0 Å². The molecular formula is C15H13NO2S. The van der Waals surface area contributed by atoms with Crippen molar-refractivity contribution in [2.45, 2.75) is 6.04 Å². The van der Waals surface area contributed by atoms with Crippen LogP contribution in [0.5, 0.6) is 0 Å². The summed E-state index contributed by atoms with van der Waals surface area (Å²) in [6.07, 6.45) is 0. The lowest BCUT2D eigenvalue weighted by Crippen LogP contribution is -2.20. The number of carbonyl (C=O) groups is 1. The lowest BCUT2D eigenvalue weighted by atomic mass is 10.2. The van der Waals surface area contributed by atoms with Crippen molar-refractivity contribution in [3.8, 4) is 0 Å². The van der Waals surface area contributed by atoms with Crippen LogP contribution in [0.4, 0.5) is 0 Å². The fraction of sp³-hybridized carbons (Fsp3) is 0.133. The molecule has 0 amide bonds. The molecule has 3 aromatic rings. The van der Waals surface area contributed by atoms with Gasteiger partial charge in [0.2, 0.25) is 0 Å². The molecule has 96 valence electrons. The summed E-state index contributed by atoms with van der Waals surface area (Å²) < 4.78 is 1.86. The minimum Gasteiger partial charge on any atom is -0.480 e. The lowest BCUT2D eigenvalue weighted by molar-refractivity contribution is -0.139. The average molecular weight is 271 g/mol. The van der Waals surface area contributed by atoms with E-state index in [2.05, 4.69) is 12.6 Å². The first-order valence-corrected chi connectivity index (χ1v) is 6.68. The van der Waals surface area contributed by atoms with Gasteiger partial charge in [0.15, 0.2) is 0 Å². The van der Waals surface area contributed by atoms with Crippen LogP contribution in [0.25, 0.3) is 21.8 Å². The van der Waals surface area contributed by atoms with Crippen molar-refractivity contribution in [2.24, 2.45) is 0 Å². The number of benzene rings is 2. The second kappa shape index (κ2) is 4.63. The molecule has 0 fully saturated rings. The van der Waals surface area contributed by atoms with E-state index in [1.807, 2.05) is 53.1 Å². The van der Waals surface area contributed by atoms with E-state index in [-0.39, 0.29) is 5.75 Å². The number of fused-ring (bicyclic) bond motifs is 3. The Kier molecular flexibility index (Phi) is 2.95. The zero-order chi connectivity index (χ0) is 13.4. The van der Waals surface area contributed by atoms with Gasteiger partial charge in [0, 0.05) is 27.6 Å². The van der Waals surface area contributed by atoms with E-state index < -0.39 is 12.0 Å². The number of carboxylic acid groups (broad SMARTS) is 1. The largest absolute Gasteiger partial charge is 0.480 e. The van der Waals surface area contributed by atoms with Crippen LogP contribution in [0.15, 0.2) is 48.5 Å². The number of nitrogens with zero attached hydrogens (tertiary/aromatic N) is 1. The fourth-order valence-electron chi connectivity index (χ4n) is 2.56. The molecule has 3 nitrogen and oxygen atoms in total. The Morgan fingerprint density at radius 1 is 1.05 bits per heavy atom. The second-order valence-electron chi connectivity index (χ2n) is 4.44. The Balaban J connectivity index is 2.46. The highest BCUT2D eigenvalue weighted by Crippen LogP contribution is 2.32. The van der Waals surface area contributed by atoms with Gasteiger partial charge in [-0.1, -0.05) is 36.4 Å². The molecule has 1 atom stereocenters. The molecule has 1 N–H and O–H groups in total. The maximum absolute atomic E-state index is 11.4. The highest BCUT2D eigenvalue weighted by Gasteiger charge is 2.22. The van der Waals surface area contributed by atoms with E-state index in [9.17, 15) is 9.90 Å². The van der Waals surface area contributed by atoms with Crippen molar-refractivity contribution in [1.29, 1.82) is 0 Å². The number of thiol groups is 1. The van der Waals surface area contributed by atoms with E-state index in [1.54, 1.807) is 0 Å². The van der Waals surface area contributed by atoms with Crippen LogP contribution in [0.1, 0.15) is 6.04 Å². The summed E-state index contributed by atoms with van der Waals surface area (Å²) in [5.74, 6) is -0.598. The fourth-order valence-corrected chi connectivity index (χ4v) is 2.88. The minimum absolute atomic E-state index is 0.262. The highest BCUT2D eigenvalue weighted by molar-refractivity contribution is 7.80. The predicted octanol–water partition coefficient (Wildman–Crippen LogP) is 3.35. The minimum atomic E-state index is -0.860. The van der Waals surface area contributed by atoms with Crippen molar-refractivity contribution < 1.29 is 9.90 Å². The van der Waals surface area contributed by atoms with Gasteiger partial charge >= 0.3 is 5.97 Å². The molecule has 3 rings (SSSR count). The molecule has 0 radical (unpaired) electrons. The number of hydrogen-bond donors (Lipinski definition) is 2. The zero-order valence-corrected chi connectivity index (χ0v) is 11.0. The number of aliphatic carboxylic acids is 1. The van der Waals surface area contributed by atoms with E-state index in [1.165, 1.54) is 0 Å². The lowest BCUT2D eigenvalue weighted by Gasteiger charge is -2.14. The first-order valence-electron chi connectivity index (χ1n) is 6.05. The van der Waals surface area contributed by atoms with Gasteiger partial charge in [0.1, 0.15) is 6.04 Å². The third kappa shape index (κ3) is 1.79. The zero-order valence-electron chi connectivity index (χ0n) is 10.2. The molecule has 1 unspecified atom stereocenters. The van der Waals surface area contributed by atoms with Crippen molar-refractivity contribution in [2.75, 3.05) is 5.75 Å². The Morgan fingerprint density at radius 2 is 1.53 bits per heavy atom. The average Bonchev–Trinajstić information content (AvgIpc) is 2.75. The van der Waals surface area contributed by atoms with Gasteiger partial charge in [0.25, 0.3) is 0 Å². The first kappa shape index (κ1) is 12.1. The summed E-state index contributed by atoms with van der Waals surface area (Å²) in [6.45, 7) is 0. The van der Waals surface area contributed by atoms with E-state index in [0.717, 1.165) is 21.8 Å². The predicted molar refractivity (Wildman–Crippen MR) is 80.0 cm³/mol. The summed E-state index contributed by atoms with van der Waals surface area (Å²) in [7, 11) is 0. The Labute approximate surface area is 115 Å². The van der Waals surface area contributed by atoms with Crippen molar-refractivity contribution in [3.63, 3.8) is 0 Å². The quantitative estimate of drug-likeness (QED) is 0.717. The summed E-state index contributed by atoms with van der Waals surface area (Å²) in [6, 6.07) is 15.1. The normalized spacial score (nSPS) is 12.9. The first-order chi connectivity index (χ1) is 9.24. The second-order valence-corrected chi connectivity index (χ2v) is 4.81. The van der Waals surface area contributed by atoms with Crippen LogP contribution in [0, 0.1) is 0 Å². The maximum Gasteiger partial charge on any atom is 0.327 e.